The fourth-order valence-electron chi connectivity index (χ4n) is 4.18. The van der Waals surface area contributed by atoms with Crippen LogP contribution in [-0.2, 0) is 4.79 Å². The van der Waals surface area contributed by atoms with Crippen molar-refractivity contribution in [1.82, 2.24) is 19.9 Å². The van der Waals surface area contributed by atoms with Gasteiger partial charge in [0.15, 0.2) is 5.82 Å². The number of amides is 1. The quantitative estimate of drug-likeness (QED) is 0.561. The highest BCUT2D eigenvalue weighted by atomic mass is 16.2. The van der Waals surface area contributed by atoms with E-state index in [-0.39, 0.29) is 17.9 Å². The maximum atomic E-state index is 13.2. The molecule has 1 aliphatic rings. The van der Waals surface area contributed by atoms with Crippen LogP contribution in [0.2, 0.25) is 0 Å². The van der Waals surface area contributed by atoms with Gasteiger partial charge in [-0.2, -0.15) is 0 Å². The zero-order valence-electron chi connectivity index (χ0n) is 18.2. The Balaban J connectivity index is 1.72. The molecule has 3 aromatic rings. The molecule has 1 fully saturated rings. The van der Waals surface area contributed by atoms with Crippen molar-refractivity contribution in [2.75, 3.05) is 11.9 Å². The Morgan fingerprint density at radius 3 is 2.65 bits per heavy atom. The third-order valence-corrected chi connectivity index (χ3v) is 5.92. The lowest BCUT2D eigenvalue weighted by atomic mass is 10.0. The minimum absolute atomic E-state index is 0.0593. The Kier molecular flexibility index (Phi) is 6.55. The molecule has 4 rings (SSSR count). The number of benzene rings is 1. The lowest BCUT2D eigenvalue weighted by Crippen LogP contribution is -2.36. The molecule has 1 aromatic carbocycles. The van der Waals surface area contributed by atoms with E-state index in [1.54, 1.807) is 12.4 Å². The van der Waals surface area contributed by atoms with E-state index in [1.165, 1.54) is 0 Å². The molecule has 0 spiro atoms. The van der Waals surface area contributed by atoms with Crippen LogP contribution in [0.4, 0.5) is 11.5 Å². The second-order valence-electron chi connectivity index (χ2n) is 7.93. The van der Waals surface area contributed by atoms with Crippen LogP contribution in [0, 0.1) is 5.92 Å². The zero-order chi connectivity index (χ0) is 21.6. The van der Waals surface area contributed by atoms with E-state index >= 15 is 0 Å². The number of likely N-dealkylation sites (tertiary alicyclic amines) is 1. The van der Waals surface area contributed by atoms with Crippen molar-refractivity contribution in [2.24, 2.45) is 5.92 Å². The molecule has 0 bridgehead atoms. The molecule has 1 N–H and O–H groups in total. The molecule has 31 heavy (non-hydrogen) atoms. The molecule has 0 radical (unpaired) electrons. The normalized spacial score (nSPS) is 16.0. The largest absolute Gasteiger partial charge is 0.340 e. The van der Waals surface area contributed by atoms with Gasteiger partial charge in [0.05, 0.1) is 11.7 Å². The van der Waals surface area contributed by atoms with E-state index in [1.807, 2.05) is 53.4 Å². The molecule has 6 nitrogen and oxygen atoms in total. The highest BCUT2D eigenvalue weighted by Crippen LogP contribution is 2.34. The summed E-state index contributed by atoms with van der Waals surface area (Å²) in [5.41, 5.74) is 2.69. The van der Waals surface area contributed by atoms with E-state index in [0.29, 0.717) is 5.82 Å². The van der Waals surface area contributed by atoms with Crippen LogP contribution in [-0.4, -0.2) is 32.3 Å². The Hall–Kier alpha value is -3.28. The topological polar surface area (TPSA) is 71.0 Å². The van der Waals surface area contributed by atoms with Gasteiger partial charge in [0.25, 0.3) is 0 Å². The van der Waals surface area contributed by atoms with Crippen LogP contribution in [0.3, 0.4) is 0 Å². The summed E-state index contributed by atoms with van der Waals surface area (Å²) in [5.74, 6) is 1.69. The number of pyridine rings is 1. The molecule has 0 saturated carbocycles. The van der Waals surface area contributed by atoms with Crippen LogP contribution in [0.15, 0.2) is 60.9 Å². The van der Waals surface area contributed by atoms with Crippen molar-refractivity contribution in [3.05, 3.63) is 66.7 Å². The van der Waals surface area contributed by atoms with Crippen LogP contribution in [0.1, 0.15) is 51.4 Å². The van der Waals surface area contributed by atoms with E-state index in [9.17, 15) is 4.79 Å². The summed E-state index contributed by atoms with van der Waals surface area (Å²) in [4.78, 5) is 29.1. The number of anilines is 2. The second-order valence-corrected chi connectivity index (χ2v) is 7.93. The first kappa shape index (κ1) is 21.0. The first-order valence-electron chi connectivity index (χ1n) is 11.1. The van der Waals surface area contributed by atoms with Gasteiger partial charge in [-0.1, -0.05) is 32.0 Å². The molecular formula is C25H29N5O. The van der Waals surface area contributed by atoms with Crippen LogP contribution in [0.25, 0.3) is 11.3 Å². The van der Waals surface area contributed by atoms with E-state index in [2.05, 4.69) is 24.1 Å². The molecular weight excluding hydrogens is 386 g/mol. The summed E-state index contributed by atoms with van der Waals surface area (Å²) in [6.45, 7) is 4.93. The summed E-state index contributed by atoms with van der Waals surface area (Å²) in [6, 6.07) is 15.7. The predicted molar refractivity (Wildman–Crippen MR) is 123 cm³/mol. The van der Waals surface area contributed by atoms with E-state index in [0.717, 1.165) is 55.0 Å². The van der Waals surface area contributed by atoms with Crippen molar-refractivity contribution >= 4 is 17.4 Å². The monoisotopic (exact) mass is 415 g/mol. The maximum Gasteiger partial charge on any atom is 0.226 e. The second kappa shape index (κ2) is 9.69. The molecule has 3 heterocycles. The third kappa shape index (κ3) is 4.74. The summed E-state index contributed by atoms with van der Waals surface area (Å²) in [6.07, 6.45) is 7.12. The minimum Gasteiger partial charge on any atom is -0.340 e. The average Bonchev–Trinajstić information content (AvgIpc) is 3.31. The molecule has 1 aliphatic heterocycles. The number of hydrogen-bond donors (Lipinski definition) is 1. The number of hydrogen-bond acceptors (Lipinski definition) is 5. The SMILES string of the molecule is CCC(CC)C(=O)N1CCC[C@@H]1c1nc(Nc2ccccc2)cc(-c2cccnc2)n1. The van der Waals surface area contributed by atoms with Gasteiger partial charge in [-0.3, -0.25) is 9.78 Å². The van der Waals surface area contributed by atoms with Crippen molar-refractivity contribution in [1.29, 1.82) is 0 Å². The molecule has 2 aromatic heterocycles. The molecule has 0 aliphatic carbocycles. The predicted octanol–water partition coefficient (Wildman–Crippen LogP) is 5.38. The summed E-state index contributed by atoms with van der Waals surface area (Å²) >= 11 is 0. The highest BCUT2D eigenvalue weighted by Gasteiger charge is 2.34. The lowest BCUT2D eigenvalue weighted by Gasteiger charge is -2.27. The minimum atomic E-state index is -0.0963. The van der Waals surface area contributed by atoms with Gasteiger partial charge in [-0.15, -0.1) is 0 Å². The van der Waals surface area contributed by atoms with Gasteiger partial charge in [-0.05, 0) is 49.9 Å². The molecule has 0 unspecified atom stereocenters. The standard InChI is InChI=1S/C25H29N5O/c1-3-18(4-2)25(31)30-15-9-13-22(30)24-28-21(19-10-8-14-26-17-19)16-23(29-24)27-20-11-6-5-7-12-20/h5-8,10-12,14,16-18,22H,3-4,9,13,15H2,1-2H3,(H,27,28,29)/t22-/m1/s1. The van der Waals surface area contributed by atoms with Crippen LogP contribution < -0.4 is 5.32 Å². The number of aromatic nitrogens is 3. The number of carbonyl (C=O) groups excluding carboxylic acids is 1. The zero-order valence-corrected chi connectivity index (χ0v) is 18.2. The Bertz CT molecular complexity index is 1000. The number of para-hydroxylation sites is 1. The van der Waals surface area contributed by atoms with Gasteiger partial charge in [-0.25, -0.2) is 9.97 Å². The number of nitrogens with zero attached hydrogens (tertiary/aromatic N) is 4. The maximum absolute atomic E-state index is 13.2. The molecule has 6 heteroatoms. The summed E-state index contributed by atoms with van der Waals surface area (Å²) in [7, 11) is 0. The van der Waals surface area contributed by atoms with Gasteiger partial charge in [0.2, 0.25) is 5.91 Å². The molecule has 1 saturated heterocycles. The number of carbonyl (C=O) groups is 1. The molecule has 1 amide bonds. The van der Waals surface area contributed by atoms with Crippen LogP contribution >= 0.6 is 0 Å². The van der Waals surface area contributed by atoms with Crippen molar-refractivity contribution in [2.45, 2.75) is 45.6 Å². The van der Waals surface area contributed by atoms with Gasteiger partial charge >= 0.3 is 0 Å². The van der Waals surface area contributed by atoms with Crippen LogP contribution in [0.5, 0.6) is 0 Å². The summed E-state index contributed by atoms with van der Waals surface area (Å²) < 4.78 is 0. The Morgan fingerprint density at radius 2 is 1.94 bits per heavy atom. The smallest absolute Gasteiger partial charge is 0.226 e. The average molecular weight is 416 g/mol. The Morgan fingerprint density at radius 1 is 1.13 bits per heavy atom. The van der Waals surface area contributed by atoms with Gasteiger partial charge < -0.3 is 10.2 Å². The third-order valence-electron chi connectivity index (χ3n) is 5.92. The fraction of sp³-hybridized carbons (Fsp3) is 0.360. The Labute approximate surface area is 183 Å². The fourth-order valence-corrected chi connectivity index (χ4v) is 4.18. The van der Waals surface area contributed by atoms with E-state index in [4.69, 9.17) is 9.97 Å². The lowest BCUT2D eigenvalue weighted by molar-refractivity contribution is -0.136. The molecule has 1 atom stereocenters. The number of rotatable bonds is 7. The first-order valence-corrected chi connectivity index (χ1v) is 11.1. The highest BCUT2D eigenvalue weighted by molar-refractivity contribution is 5.79. The van der Waals surface area contributed by atoms with Gasteiger partial charge in [0, 0.05) is 42.2 Å². The van der Waals surface area contributed by atoms with E-state index < -0.39 is 0 Å². The van der Waals surface area contributed by atoms with Crippen molar-refractivity contribution in [3.63, 3.8) is 0 Å². The molecule has 160 valence electrons. The van der Waals surface area contributed by atoms with Gasteiger partial charge in [0.1, 0.15) is 5.82 Å². The van der Waals surface area contributed by atoms with Crippen molar-refractivity contribution < 1.29 is 4.79 Å². The summed E-state index contributed by atoms with van der Waals surface area (Å²) in [5, 5.41) is 3.39. The number of nitrogens with one attached hydrogen (secondary N) is 1. The van der Waals surface area contributed by atoms with Crippen molar-refractivity contribution in [3.8, 4) is 11.3 Å². The first-order chi connectivity index (χ1) is 15.2.